The fourth-order valence-electron chi connectivity index (χ4n) is 3.65. The summed E-state index contributed by atoms with van der Waals surface area (Å²) in [5, 5.41) is 17.2. The molecule has 2 aromatic rings. The molecule has 5 heteroatoms. The Balaban J connectivity index is 1.64. The Bertz CT molecular complexity index is 737. The number of aliphatic hydroxyl groups is 1. The lowest BCUT2D eigenvalue weighted by Crippen LogP contribution is -2.40. The molecular formula is C20H27N3O2. The van der Waals surface area contributed by atoms with Crippen molar-refractivity contribution in [3.63, 3.8) is 0 Å². The molecular weight excluding hydrogens is 314 g/mol. The minimum Gasteiger partial charge on any atom is -0.390 e. The number of nitrogens with zero attached hydrogens (tertiary/aromatic N) is 2. The van der Waals surface area contributed by atoms with Crippen LogP contribution < -0.4 is 0 Å². The molecule has 1 fully saturated rings. The van der Waals surface area contributed by atoms with Gasteiger partial charge in [0.25, 0.3) is 5.91 Å². The van der Waals surface area contributed by atoms with Crippen molar-refractivity contribution in [1.82, 2.24) is 15.1 Å². The molecule has 2 N–H and O–H groups in total. The summed E-state index contributed by atoms with van der Waals surface area (Å²) >= 11 is 0. The predicted octanol–water partition coefficient (Wildman–Crippen LogP) is 3.40. The summed E-state index contributed by atoms with van der Waals surface area (Å²) in [7, 11) is 0. The van der Waals surface area contributed by atoms with Gasteiger partial charge in [-0.3, -0.25) is 9.89 Å². The van der Waals surface area contributed by atoms with Crippen molar-refractivity contribution < 1.29 is 9.90 Å². The highest BCUT2D eigenvalue weighted by Crippen LogP contribution is 2.27. The third kappa shape index (κ3) is 4.28. The quantitative estimate of drug-likeness (QED) is 0.895. The molecule has 1 aromatic carbocycles. The normalized spacial score (nSPS) is 16.2. The van der Waals surface area contributed by atoms with Crippen molar-refractivity contribution in [3.8, 4) is 11.3 Å². The van der Waals surface area contributed by atoms with Gasteiger partial charge in [-0.25, -0.2) is 0 Å². The van der Waals surface area contributed by atoms with Crippen LogP contribution >= 0.6 is 0 Å². The van der Waals surface area contributed by atoms with Gasteiger partial charge >= 0.3 is 0 Å². The molecule has 1 aliphatic heterocycles. The first-order valence-electron chi connectivity index (χ1n) is 8.96. The lowest BCUT2D eigenvalue weighted by molar-refractivity contribution is 0.0357. The van der Waals surface area contributed by atoms with Crippen LogP contribution in [0.2, 0.25) is 0 Å². The van der Waals surface area contributed by atoms with E-state index in [0.29, 0.717) is 11.6 Å². The number of carbonyl (C=O) groups is 1. The first kappa shape index (κ1) is 17.7. The zero-order chi connectivity index (χ0) is 18.0. The van der Waals surface area contributed by atoms with Gasteiger partial charge in [0.1, 0.15) is 5.69 Å². The van der Waals surface area contributed by atoms with E-state index in [4.69, 9.17) is 0 Å². The highest BCUT2D eigenvalue weighted by Gasteiger charge is 2.28. The number of aromatic nitrogens is 2. The van der Waals surface area contributed by atoms with Crippen LogP contribution in [-0.2, 0) is 0 Å². The summed E-state index contributed by atoms with van der Waals surface area (Å²) in [5.41, 5.74) is 2.89. The van der Waals surface area contributed by atoms with Gasteiger partial charge in [-0.1, -0.05) is 24.3 Å². The summed E-state index contributed by atoms with van der Waals surface area (Å²) in [5.74, 6) is 0.488. The molecule has 25 heavy (non-hydrogen) atoms. The zero-order valence-electron chi connectivity index (χ0n) is 15.2. The molecule has 0 saturated carbocycles. The van der Waals surface area contributed by atoms with Gasteiger partial charge in [0.15, 0.2) is 0 Å². The predicted molar refractivity (Wildman–Crippen MR) is 98.3 cm³/mol. The standard InChI is InChI=1S/C20H27N3O2/c1-14-6-4-5-7-16(14)17-12-18(22-21-17)19(24)23-10-8-15(9-11-23)13-20(2,3)25/h4-7,12,15,25H,8-11,13H2,1-3H3,(H,21,22). The van der Waals surface area contributed by atoms with Gasteiger partial charge in [-0.2, -0.15) is 5.10 Å². The Morgan fingerprint density at radius 1 is 1.32 bits per heavy atom. The number of piperidine rings is 1. The maximum absolute atomic E-state index is 12.7. The summed E-state index contributed by atoms with van der Waals surface area (Å²) < 4.78 is 0. The second-order valence-electron chi connectivity index (χ2n) is 7.73. The average molecular weight is 341 g/mol. The summed E-state index contributed by atoms with van der Waals surface area (Å²) in [4.78, 5) is 14.6. The van der Waals surface area contributed by atoms with Crippen LogP contribution in [0.5, 0.6) is 0 Å². The highest BCUT2D eigenvalue weighted by molar-refractivity contribution is 5.93. The number of aromatic amines is 1. The van der Waals surface area contributed by atoms with E-state index in [2.05, 4.69) is 10.2 Å². The van der Waals surface area contributed by atoms with Crippen molar-refractivity contribution in [1.29, 1.82) is 0 Å². The topological polar surface area (TPSA) is 69.2 Å². The van der Waals surface area contributed by atoms with E-state index in [0.717, 1.165) is 49.2 Å². The van der Waals surface area contributed by atoms with Crippen molar-refractivity contribution in [2.75, 3.05) is 13.1 Å². The highest BCUT2D eigenvalue weighted by atomic mass is 16.3. The van der Waals surface area contributed by atoms with Crippen LogP contribution in [0.25, 0.3) is 11.3 Å². The molecule has 1 amide bonds. The number of H-pyrrole nitrogens is 1. The third-order valence-electron chi connectivity index (χ3n) is 4.92. The molecule has 2 heterocycles. The Morgan fingerprint density at radius 3 is 2.64 bits per heavy atom. The molecule has 3 rings (SSSR count). The van der Waals surface area contributed by atoms with Crippen LogP contribution in [0.3, 0.4) is 0 Å². The van der Waals surface area contributed by atoms with Crippen molar-refractivity contribution in [2.24, 2.45) is 5.92 Å². The van der Waals surface area contributed by atoms with Crippen LogP contribution in [0.15, 0.2) is 30.3 Å². The Morgan fingerprint density at radius 2 is 2.00 bits per heavy atom. The fourth-order valence-corrected chi connectivity index (χ4v) is 3.65. The monoisotopic (exact) mass is 341 g/mol. The van der Waals surface area contributed by atoms with Crippen molar-refractivity contribution >= 4 is 5.91 Å². The Labute approximate surface area is 149 Å². The van der Waals surface area contributed by atoms with E-state index < -0.39 is 5.60 Å². The van der Waals surface area contributed by atoms with E-state index in [1.54, 1.807) is 0 Å². The van der Waals surface area contributed by atoms with Crippen LogP contribution in [0.1, 0.15) is 49.2 Å². The molecule has 0 radical (unpaired) electrons. The first-order chi connectivity index (χ1) is 11.8. The second kappa shape index (κ2) is 7.00. The van der Waals surface area contributed by atoms with Gasteiger partial charge in [0.2, 0.25) is 0 Å². The van der Waals surface area contributed by atoms with Crippen molar-refractivity contribution in [2.45, 2.75) is 45.6 Å². The number of hydrogen-bond donors (Lipinski definition) is 2. The minimum atomic E-state index is -0.636. The number of carbonyl (C=O) groups excluding carboxylic acids is 1. The van der Waals surface area contributed by atoms with Crippen LogP contribution in [-0.4, -0.2) is 44.8 Å². The molecule has 0 bridgehead atoms. The smallest absolute Gasteiger partial charge is 0.271 e. The number of likely N-dealkylation sites (tertiary alicyclic amines) is 1. The number of hydrogen-bond acceptors (Lipinski definition) is 3. The van der Waals surface area contributed by atoms with Crippen LogP contribution in [0, 0.1) is 12.8 Å². The van der Waals surface area contributed by atoms with E-state index in [-0.39, 0.29) is 5.91 Å². The maximum atomic E-state index is 12.7. The first-order valence-corrected chi connectivity index (χ1v) is 8.96. The molecule has 0 aliphatic carbocycles. The molecule has 5 nitrogen and oxygen atoms in total. The van der Waals surface area contributed by atoms with E-state index in [1.807, 2.05) is 56.0 Å². The van der Waals surface area contributed by atoms with Gasteiger partial charge in [-0.15, -0.1) is 0 Å². The molecule has 1 aliphatic rings. The van der Waals surface area contributed by atoms with E-state index in [1.165, 1.54) is 0 Å². The summed E-state index contributed by atoms with van der Waals surface area (Å²) in [6.45, 7) is 7.21. The van der Waals surface area contributed by atoms with E-state index in [9.17, 15) is 9.90 Å². The van der Waals surface area contributed by atoms with Crippen LogP contribution in [0.4, 0.5) is 0 Å². The average Bonchev–Trinajstić information content (AvgIpc) is 3.03. The van der Waals surface area contributed by atoms with Gasteiger partial charge in [0.05, 0.1) is 11.3 Å². The SMILES string of the molecule is Cc1ccccc1-c1cc(C(=O)N2CCC(CC(C)(C)O)CC2)[nH]n1. The Hall–Kier alpha value is -2.14. The molecule has 1 aromatic heterocycles. The zero-order valence-corrected chi connectivity index (χ0v) is 15.2. The van der Waals surface area contributed by atoms with Gasteiger partial charge < -0.3 is 10.0 Å². The molecule has 0 spiro atoms. The summed E-state index contributed by atoms with van der Waals surface area (Å²) in [6, 6.07) is 9.87. The second-order valence-corrected chi connectivity index (χ2v) is 7.73. The number of amides is 1. The molecule has 134 valence electrons. The van der Waals surface area contributed by atoms with E-state index >= 15 is 0 Å². The largest absolute Gasteiger partial charge is 0.390 e. The summed E-state index contributed by atoms with van der Waals surface area (Å²) in [6.07, 6.45) is 2.67. The molecule has 1 saturated heterocycles. The third-order valence-corrected chi connectivity index (χ3v) is 4.92. The number of benzene rings is 1. The van der Waals surface area contributed by atoms with Crippen molar-refractivity contribution in [3.05, 3.63) is 41.6 Å². The molecule has 0 unspecified atom stereocenters. The van der Waals surface area contributed by atoms with Gasteiger partial charge in [-0.05, 0) is 57.6 Å². The molecule has 0 atom stereocenters. The number of nitrogens with one attached hydrogen (secondary N) is 1. The van der Waals surface area contributed by atoms with Gasteiger partial charge in [0, 0.05) is 18.7 Å². The lowest BCUT2D eigenvalue weighted by Gasteiger charge is -2.34. The fraction of sp³-hybridized carbons (Fsp3) is 0.500. The minimum absolute atomic E-state index is 0.00837. The Kier molecular flexibility index (Phi) is 4.95. The maximum Gasteiger partial charge on any atom is 0.271 e. The lowest BCUT2D eigenvalue weighted by atomic mass is 9.86. The number of rotatable bonds is 4. The number of aryl methyl sites for hydroxylation is 1.